The van der Waals surface area contributed by atoms with Gasteiger partial charge in [0.2, 0.25) is 0 Å². The highest BCUT2D eigenvalue weighted by Crippen LogP contribution is 2.17. The Hall–Kier alpha value is -1.50. The molecular formula is C15H23N3O3. The molecular weight excluding hydrogens is 270 g/mol. The molecule has 6 heteroatoms. The van der Waals surface area contributed by atoms with Crippen LogP contribution in [-0.4, -0.2) is 47.2 Å². The number of likely N-dealkylation sites (tertiary alicyclic amines) is 1. The second kappa shape index (κ2) is 7.49. The van der Waals surface area contributed by atoms with E-state index in [1.807, 2.05) is 0 Å². The van der Waals surface area contributed by atoms with Crippen LogP contribution in [-0.2, 0) is 0 Å². The van der Waals surface area contributed by atoms with E-state index < -0.39 is 11.0 Å². The SMILES string of the molecule is CC(CN1CCCC1)NCC(O)c1ccc([N+](=O)[O-])cc1. The van der Waals surface area contributed by atoms with Crippen molar-refractivity contribution in [2.45, 2.75) is 31.9 Å². The van der Waals surface area contributed by atoms with Crippen molar-refractivity contribution in [1.82, 2.24) is 10.2 Å². The van der Waals surface area contributed by atoms with Crippen LogP contribution in [0.3, 0.4) is 0 Å². The van der Waals surface area contributed by atoms with E-state index >= 15 is 0 Å². The van der Waals surface area contributed by atoms with Crippen LogP contribution in [0.2, 0.25) is 0 Å². The topological polar surface area (TPSA) is 78.6 Å². The van der Waals surface area contributed by atoms with Crippen molar-refractivity contribution in [2.24, 2.45) is 0 Å². The van der Waals surface area contributed by atoms with Gasteiger partial charge < -0.3 is 15.3 Å². The van der Waals surface area contributed by atoms with Crippen molar-refractivity contribution in [2.75, 3.05) is 26.2 Å². The monoisotopic (exact) mass is 293 g/mol. The molecule has 0 amide bonds. The lowest BCUT2D eigenvalue weighted by Gasteiger charge is -2.22. The molecule has 2 atom stereocenters. The van der Waals surface area contributed by atoms with Gasteiger partial charge in [0.1, 0.15) is 0 Å². The molecule has 21 heavy (non-hydrogen) atoms. The van der Waals surface area contributed by atoms with E-state index in [1.54, 1.807) is 12.1 Å². The number of hydrogen-bond donors (Lipinski definition) is 2. The van der Waals surface area contributed by atoms with Gasteiger partial charge in [-0.3, -0.25) is 10.1 Å². The molecule has 1 aromatic rings. The summed E-state index contributed by atoms with van der Waals surface area (Å²) in [4.78, 5) is 12.6. The van der Waals surface area contributed by atoms with E-state index in [0.717, 1.165) is 19.6 Å². The van der Waals surface area contributed by atoms with E-state index in [0.29, 0.717) is 18.2 Å². The van der Waals surface area contributed by atoms with E-state index in [-0.39, 0.29) is 5.69 Å². The first-order chi connectivity index (χ1) is 10.1. The molecule has 0 bridgehead atoms. The summed E-state index contributed by atoms with van der Waals surface area (Å²) in [5.41, 5.74) is 0.739. The van der Waals surface area contributed by atoms with Gasteiger partial charge in [-0.2, -0.15) is 0 Å². The number of aliphatic hydroxyl groups is 1. The van der Waals surface area contributed by atoms with E-state index in [1.165, 1.54) is 25.0 Å². The third kappa shape index (κ3) is 4.77. The molecule has 0 aliphatic carbocycles. The Morgan fingerprint density at radius 3 is 2.52 bits per heavy atom. The number of aliphatic hydroxyl groups excluding tert-OH is 1. The summed E-state index contributed by atoms with van der Waals surface area (Å²) < 4.78 is 0. The summed E-state index contributed by atoms with van der Waals surface area (Å²) in [5.74, 6) is 0. The lowest BCUT2D eigenvalue weighted by atomic mass is 10.1. The maximum atomic E-state index is 10.6. The highest BCUT2D eigenvalue weighted by Gasteiger charge is 2.16. The highest BCUT2D eigenvalue weighted by molar-refractivity contribution is 5.33. The zero-order chi connectivity index (χ0) is 15.2. The van der Waals surface area contributed by atoms with E-state index in [9.17, 15) is 15.2 Å². The van der Waals surface area contributed by atoms with Crippen LogP contribution in [0.1, 0.15) is 31.4 Å². The second-order valence-electron chi connectivity index (χ2n) is 5.68. The Morgan fingerprint density at radius 1 is 1.33 bits per heavy atom. The number of nitro groups is 1. The molecule has 1 aliphatic heterocycles. The standard InChI is InChI=1S/C15H23N3O3/c1-12(11-17-8-2-3-9-17)16-10-15(19)13-4-6-14(7-5-13)18(20)21/h4-7,12,15-16,19H,2-3,8-11H2,1H3. The van der Waals surface area contributed by atoms with Crippen LogP contribution < -0.4 is 5.32 Å². The summed E-state index contributed by atoms with van der Waals surface area (Å²) in [5, 5.41) is 24.0. The Kier molecular flexibility index (Phi) is 5.67. The molecule has 6 nitrogen and oxygen atoms in total. The van der Waals surface area contributed by atoms with E-state index in [2.05, 4.69) is 17.1 Å². The Bertz CT molecular complexity index is 458. The fraction of sp³-hybridized carbons (Fsp3) is 0.600. The quantitative estimate of drug-likeness (QED) is 0.591. The van der Waals surface area contributed by atoms with Crippen LogP contribution in [0.4, 0.5) is 5.69 Å². The molecule has 2 N–H and O–H groups in total. The summed E-state index contributed by atoms with van der Waals surface area (Å²) in [6.45, 7) is 5.88. The predicted molar refractivity (Wildman–Crippen MR) is 81.2 cm³/mol. The van der Waals surface area contributed by atoms with Crippen LogP contribution in [0, 0.1) is 10.1 Å². The maximum absolute atomic E-state index is 10.6. The van der Waals surface area contributed by atoms with E-state index in [4.69, 9.17) is 0 Å². The second-order valence-corrected chi connectivity index (χ2v) is 5.68. The number of nitrogens with one attached hydrogen (secondary N) is 1. The van der Waals surface area contributed by atoms with Gasteiger partial charge in [-0.15, -0.1) is 0 Å². The Morgan fingerprint density at radius 2 is 1.95 bits per heavy atom. The molecule has 1 heterocycles. The van der Waals surface area contributed by atoms with Crippen molar-refractivity contribution in [3.05, 3.63) is 39.9 Å². The molecule has 0 aromatic heterocycles. The van der Waals surface area contributed by atoms with Gasteiger partial charge in [0.05, 0.1) is 11.0 Å². The zero-order valence-corrected chi connectivity index (χ0v) is 12.4. The average molecular weight is 293 g/mol. The summed E-state index contributed by atoms with van der Waals surface area (Å²) >= 11 is 0. The average Bonchev–Trinajstić information content (AvgIpc) is 2.97. The first-order valence-electron chi connectivity index (χ1n) is 7.44. The number of non-ortho nitro benzene ring substituents is 1. The number of nitrogens with zero attached hydrogens (tertiary/aromatic N) is 2. The third-order valence-electron chi connectivity index (χ3n) is 3.88. The fourth-order valence-corrected chi connectivity index (χ4v) is 2.67. The van der Waals surface area contributed by atoms with Crippen LogP contribution in [0.15, 0.2) is 24.3 Å². The molecule has 116 valence electrons. The largest absolute Gasteiger partial charge is 0.387 e. The first-order valence-corrected chi connectivity index (χ1v) is 7.44. The molecule has 2 rings (SSSR count). The van der Waals surface area contributed by atoms with Gasteiger partial charge >= 0.3 is 0 Å². The minimum absolute atomic E-state index is 0.0429. The lowest BCUT2D eigenvalue weighted by Crippen LogP contribution is -2.39. The Balaban J connectivity index is 1.77. The number of nitro benzene ring substituents is 1. The number of benzene rings is 1. The third-order valence-corrected chi connectivity index (χ3v) is 3.88. The van der Waals surface area contributed by atoms with Crippen molar-refractivity contribution in [3.63, 3.8) is 0 Å². The van der Waals surface area contributed by atoms with Crippen LogP contribution >= 0.6 is 0 Å². The molecule has 0 radical (unpaired) electrons. The smallest absolute Gasteiger partial charge is 0.269 e. The maximum Gasteiger partial charge on any atom is 0.269 e. The predicted octanol–water partition coefficient (Wildman–Crippen LogP) is 1.70. The zero-order valence-electron chi connectivity index (χ0n) is 12.4. The summed E-state index contributed by atoms with van der Waals surface area (Å²) in [6, 6.07) is 6.37. The van der Waals surface area contributed by atoms with Gasteiger partial charge in [0.15, 0.2) is 0 Å². The summed E-state index contributed by atoms with van der Waals surface area (Å²) in [6.07, 6.45) is 1.91. The van der Waals surface area contributed by atoms with Gasteiger partial charge in [0.25, 0.3) is 5.69 Å². The minimum Gasteiger partial charge on any atom is -0.387 e. The van der Waals surface area contributed by atoms with Crippen molar-refractivity contribution in [1.29, 1.82) is 0 Å². The molecule has 0 saturated carbocycles. The van der Waals surface area contributed by atoms with Crippen LogP contribution in [0.5, 0.6) is 0 Å². The number of rotatable bonds is 7. The van der Waals surface area contributed by atoms with Gasteiger partial charge in [-0.25, -0.2) is 0 Å². The minimum atomic E-state index is -0.646. The van der Waals surface area contributed by atoms with Crippen LogP contribution in [0.25, 0.3) is 0 Å². The number of hydrogen-bond acceptors (Lipinski definition) is 5. The van der Waals surface area contributed by atoms with Gasteiger partial charge in [-0.05, 0) is 50.6 Å². The molecule has 1 aromatic carbocycles. The van der Waals surface area contributed by atoms with Crippen molar-refractivity contribution < 1.29 is 10.0 Å². The van der Waals surface area contributed by atoms with Crippen molar-refractivity contribution >= 4 is 5.69 Å². The highest BCUT2D eigenvalue weighted by atomic mass is 16.6. The van der Waals surface area contributed by atoms with Gasteiger partial charge in [-0.1, -0.05) is 0 Å². The fourth-order valence-electron chi connectivity index (χ4n) is 2.67. The molecule has 1 fully saturated rings. The summed E-state index contributed by atoms with van der Waals surface area (Å²) in [7, 11) is 0. The molecule has 1 aliphatic rings. The molecule has 2 unspecified atom stereocenters. The normalized spacial score (nSPS) is 18.6. The molecule has 0 spiro atoms. The Labute approximate surface area is 124 Å². The lowest BCUT2D eigenvalue weighted by molar-refractivity contribution is -0.384. The van der Waals surface area contributed by atoms with Crippen molar-refractivity contribution in [3.8, 4) is 0 Å². The van der Waals surface area contributed by atoms with Gasteiger partial charge in [0, 0.05) is 31.3 Å². The first kappa shape index (κ1) is 15.9. The molecule has 1 saturated heterocycles.